The highest BCUT2D eigenvalue weighted by atomic mass is 16.5. The lowest BCUT2D eigenvalue weighted by atomic mass is 10.3. The van der Waals surface area contributed by atoms with Crippen LogP contribution in [0.3, 0.4) is 0 Å². The summed E-state index contributed by atoms with van der Waals surface area (Å²) in [6.07, 6.45) is 11.6. The predicted octanol–water partition coefficient (Wildman–Crippen LogP) is 3.19. The maximum absolute atomic E-state index is 5.56. The maximum Gasteiger partial charge on any atom is 0.188 e. The Balaban J connectivity index is 1.60. The highest BCUT2D eigenvalue weighted by Crippen LogP contribution is 2.36. The van der Waals surface area contributed by atoms with Crippen LogP contribution in [0.15, 0.2) is 40.8 Å². The van der Waals surface area contributed by atoms with Gasteiger partial charge in [0.2, 0.25) is 0 Å². The molecule has 4 N–H and O–H groups in total. The van der Waals surface area contributed by atoms with E-state index in [-0.39, 0.29) is 0 Å². The minimum absolute atomic E-state index is 0.378. The van der Waals surface area contributed by atoms with Crippen LogP contribution in [-0.2, 0) is 0 Å². The third-order valence-corrected chi connectivity index (χ3v) is 7.25. The van der Waals surface area contributed by atoms with Crippen LogP contribution in [-0.4, -0.2) is 127 Å². The van der Waals surface area contributed by atoms with Gasteiger partial charge in [-0.1, -0.05) is 0 Å². The standard InChI is InChI=1S/C32H36N12O8/c1-45-25-17-9-33-35-11-19-27(47-3)29(49-5)21(42-19)13-37-39-15-23-31(51-7)32(52-8)24(44-23)16-40-38-14-22-30(50-6)28(48-4)20(43-22)12-36-34-10-18(41-17)26(25)46-2/h9-16,41-44H,1-8H3/b17-9?,18-10?,19-11?,20-12?,21-13?,22-14?,23-15?,24-16?,33-9-,34-10+,35-11+,35-33?,36-12+,36-34?,37-13+,38-14+,39-15+,39-37?,40-16-,40-38?. The molecular formula is C32H36N12O8. The van der Waals surface area contributed by atoms with E-state index in [1.165, 1.54) is 107 Å². The molecule has 20 nitrogen and oxygen atoms in total. The Morgan fingerprint density at radius 3 is 0.462 bits per heavy atom. The van der Waals surface area contributed by atoms with Crippen molar-refractivity contribution in [1.29, 1.82) is 0 Å². The van der Waals surface area contributed by atoms with Crippen LogP contribution in [0.5, 0.6) is 46.0 Å². The molecular weight excluding hydrogens is 680 g/mol. The van der Waals surface area contributed by atoms with Crippen LogP contribution in [0.4, 0.5) is 0 Å². The number of hydrogen-bond donors (Lipinski definition) is 4. The minimum atomic E-state index is 0.378. The van der Waals surface area contributed by atoms with Gasteiger partial charge in [-0.2, -0.15) is 40.8 Å². The van der Waals surface area contributed by atoms with Crippen LogP contribution in [0.1, 0.15) is 45.6 Å². The van der Waals surface area contributed by atoms with E-state index < -0.39 is 0 Å². The molecule has 52 heavy (non-hydrogen) atoms. The van der Waals surface area contributed by atoms with Gasteiger partial charge in [0.1, 0.15) is 45.6 Å². The summed E-state index contributed by atoms with van der Waals surface area (Å²) in [5.74, 6) is 3.02. The van der Waals surface area contributed by atoms with Crippen molar-refractivity contribution in [1.82, 2.24) is 19.9 Å². The molecule has 0 amide bonds. The summed E-state index contributed by atoms with van der Waals surface area (Å²) in [6.45, 7) is 0. The normalized spacial score (nSPS) is 17.7. The predicted molar refractivity (Wildman–Crippen MR) is 196 cm³/mol. The number of hydrogen-bond acceptors (Lipinski definition) is 16. The number of aromatic amines is 4. The monoisotopic (exact) mass is 716 g/mol. The number of H-pyrrole nitrogens is 4. The maximum atomic E-state index is 5.56. The molecule has 4 aromatic heterocycles. The largest absolute Gasteiger partial charge is 0.491 e. The Labute approximate surface area is 296 Å². The molecule has 272 valence electrons. The van der Waals surface area contributed by atoms with Crippen molar-refractivity contribution in [2.75, 3.05) is 56.9 Å². The SMILES string of the molecule is COc1c2[nH]c(c1OC)/C=N/N=C/c1[nH]c(c(OC)c1OC)/C=N/N=C\c1[nH]c(c(OC)c1OC)/C=N/N=C/c1[nH]c(c(OC)c1OC)/C=N/N=C\2. The van der Waals surface area contributed by atoms with Crippen molar-refractivity contribution in [3.63, 3.8) is 0 Å². The van der Waals surface area contributed by atoms with Crippen LogP contribution < -0.4 is 37.9 Å². The number of fused-ring (bicyclic) bond motifs is 8. The first-order valence-corrected chi connectivity index (χ1v) is 15.1. The van der Waals surface area contributed by atoms with Gasteiger partial charge in [-0.15, -0.1) is 0 Å². The van der Waals surface area contributed by atoms with E-state index in [4.69, 9.17) is 37.9 Å². The van der Waals surface area contributed by atoms with Gasteiger partial charge in [0.25, 0.3) is 0 Å². The van der Waals surface area contributed by atoms with Gasteiger partial charge in [0.05, 0.1) is 107 Å². The van der Waals surface area contributed by atoms with E-state index in [2.05, 4.69) is 60.7 Å². The molecule has 5 heterocycles. The summed E-state index contributed by atoms with van der Waals surface area (Å²) in [6, 6.07) is 0. The molecule has 4 aromatic rings. The van der Waals surface area contributed by atoms with Gasteiger partial charge in [-0.05, 0) is 0 Å². The second-order valence-electron chi connectivity index (χ2n) is 10.0. The quantitative estimate of drug-likeness (QED) is 0.211. The highest BCUT2D eigenvalue weighted by Gasteiger charge is 2.21. The summed E-state index contributed by atoms with van der Waals surface area (Å²) in [7, 11) is 12.0. The molecule has 0 aliphatic carbocycles. The van der Waals surface area contributed by atoms with Crippen LogP contribution >= 0.6 is 0 Å². The Kier molecular flexibility index (Phi) is 11.8. The molecule has 0 saturated heterocycles. The Bertz CT molecular complexity index is 1670. The summed E-state index contributed by atoms with van der Waals surface area (Å²) in [5, 5.41) is 33.3. The average Bonchev–Trinajstić information content (AvgIpc) is 3.90. The Morgan fingerprint density at radius 2 is 0.365 bits per heavy atom. The van der Waals surface area contributed by atoms with Crippen molar-refractivity contribution in [3.05, 3.63) is 45.6 Å². The van der Waals surface area contributed by atoms with Crippen molar-refractivity contribution in [2.24, 2.45) is 40.8 Å². The lowest BCUT2D eigenvalue weighted by Crippen LogP contribution is -1.92. The topological polar surface area (TPSA) is 236 Å². The van der Waals surface area contributed by atoms with E-state index in [0.29, 0.717) is 91.5 Å². The summed E-state index contributed by atoms with van der Waals surface area (Å²) in [5.41, 5.74) is 3.69. The second kappa shape index (κ2) is 17.0. The first-order chi connectivity index (χ1) is 25.5. The van der Waals surface area contributed by atoms with E-state index in [9.17, 15) is 0 Å². The molecule has 1 aliphatic rings. The molecule has 1 aliphatic heterocycles. The van der Waals surface area contributed by atoms with E-state index in [1.54, 1.807) is 0 Å². The fourth-order valence-corrected chi connectivity index (χ4v) is 5.09. The van der Waals surface area contributed by atoms with Gasteiger partial charge < -0.3 is 57.8 Å². The van der Waals surface area contributed by atoms with E-state index in [0.717, 1.165) is 0 Å². The average molecular weight is 717 g/mol. The fraction of sp³-hybridized carbons (Fsp3) is 0.250. The molecule has 20 heteroatoms. The number of methoxy groups -OCH3 is 8. The van der Waals surface area contributed by atoms with Crippen molar-refractivity contribution >= 4 is 49.7 Å². The second-order valence-corrected chi connectivity index (χ2v) is 10.0. The Hall–Kier alpha value is -7.12. The smallest absolute Gasteiger partial charge is 0.188 e. The van der Waals surface area contributed by atoms with Crippen molar-refractivity contribution < 1.29 is 37.9 Å². The van der Waals surface area contributed by atoms with Gasteiger partial charge in [-0.25, -0.2) is 0 Å². The molecule has 8 bridgehead atoms. The third-order valence-electron chi connectivity index (χ3n) is 7.25. The molecule has 0 fully saturated rings. The molecule has 0 radical (unpaired) electrons. The van der Waals surface area contributed by atoms with Gasteiger partial charge >= 0.3 is 0 Å². The van der Waals surface area contributed by atoms with Gasteiger partial charge in [-0.3, -0.25) is 0 Å². The zero-order valence-corrected chi connectivity index (χ0v) is 29.5. The molecule has 5 rings (SSSR count). The zero-order chi connectivity index (χ0) is 37.0. The first-order valence-electron chi connectivity index (χ1n) is 15.1. The van der Waals surface area contributed by atoms with Gasteiger partial charge in [0.15, 0.2) is 46.0 Å². The summed E-state index contributed by atoms with van der Waals surface area (Å²) < 4.78 is 44.5. The summed E-state index contributed by atoms with van der Waals surface area (Å²) >= 11 is 0. The van der Waals surface area contributed by atoms with E-state index in [1.807, 2.05) is 0 Å². The molecule has 0 spiro atoms. The molecule has 0 saturated carbocycles. The number of nitrogens with one attached hydrogen (secondary N) is 4. The number of aromatic nitrogens is 4. The third kappa shape index (κ3) is 7.39. The minimum Gasteiger partial charge on any atom is -0.491 e. The van der Waals surface area contributed by atoms with Crippen molar-refractivity contribution in [3.8, 4) is 46.0 Å². The number of rotatable bonds is 8. The zero-order valence-electron chi connectivity index (χ0n) is 29.5. The molecule has 0 unspecified atom stereocenters. The lowest BCUT2D eigenvalue weighted by molar-refractivity contribution is 0.357. The lowest BCUT2D eigenvalue weighted by Gasteiger charge is -2.02. The highest BCUT2D eigenvalue weighted by molar-refractivity contribution is 5.95. The summed E-state index contributed by atoms with van der Waals surface area (Å²) in [4.78, 5) is 12.6. The number of nitrogens with zero attached hydrogens (tertiary/aromatic N) is 8. The van der Waals surface area contributed by atoms with Crippen molar-refractivity contribution in [2.45, 2.75) is 0 Å². The number of ether oxygens (including phenoxy) is 8. The van der Waals surface area contributed by atoms with E-state index >= 15 is 0 Å². The molecule has 0 aromatic carbocycles. The van der Waals surface area contributed by atoms with Gasteiger partial charge in [0, 0.05) is 0 Å². The fourth-order valence-electron chi connectivity index (χ4n) is 5.09. The Morgan fingerprint density at radius 1 is 0.250 bits per heavy atom. The van der Waals surface area contributed by atoms with Crippen LogP contribution in [0, 0.1) is 0 Å². The first kappa shape index (κ1) is 36.2. The van der Waals surface area contributed by atoms with Crippen LogP contribution in [0.25, 0.3) is 0 Å². The van der Waals surface area contributed by atoms with Crippen LogP contribution in [0.2, 0.25) is 0 Å². The molecule has 0 atom stereocenters.